The first-order valence-electron chi connectivity index (χ1n) is 6.81. The summed E-state index contributed by atoms with van der Waals surface area (Å²) >= 11 is 2.34. The monoisotopic (exact) mass is 377 g/mol. The Morgan fingerprint density at radius 1 is 1.26 bits per heavy atom. The fraction of sp³-hybridized carbons (Fsp3) is 0.714. The van der Waals surface area contributed by atoms with Crippen LogP contribution in [0.4, 0.5) is 5.82 Å². The Morgan fingerprint density at radius 2 is 1.95 bits per heavy atom. The van der Waals surface area contributed by atoms with E-state index >= 15 is 0 Å². The number of rotatable bonds is 7. The van der Waals surface area contributed by atoms with Crippen molar-refractivity contribution in [3.05, 3.63) is 15.1 Å². The lowest BCUT2D eigenvalue weighted by Crippen LogP contribution is -2.15. The standard InChI is InChI=1S/C14H24IN3O/c1-6-7-16-14-11(15)12(9(2)3)17-13(18-14)10(4)8-19-5/h9-10H,6-8H2,1-5H3,(H,16,17,18). The summed E-state index contributed by atoms with van der Waals surface area (Å²) in [5.41, 5.74) is 1.12. The number of halogens is 1. The summed E-state index contributed by atoms with van der Waals surface area (Å²) in [6, 6.07) is 0. The molecule has 0 saturated heterocycles. The second-order valence-electron chi connectivity index (χ2n) is 5.07. The highest BCUT2D eigenvalue weighted by Gasteiger charge is 2.17. The van der Waals surface area contributed by atoms with E-state index in [1.54, 1.807) is 7.11 Å². The second-order valence-corrected chi connectivity index (χ2v) is 6.15. The molecule has 0 amide bonds. The molecular formula is C14H24IN3O. The molecule has 1 heterocycles. The van der Waals surface area contributed by atoms with E-state index in [-0.39, 0.29) is 5.92 Å². The number of aromatic nitrogens is 2. The molecule has 4 nitrogen and oxygen atoms in total. The Balaban J connectivity index is 3.14. The highest BCUT2D eigenvalue weighted by atomic mass is 127. The fourth-order valence-corrected chi connectivity index (χ4v) is 2.83. The third-order valence-electron chi connectivity index (χ3n) is 2.84. The first-order valence-corrected chi connectivity index (χ1v) is 7.89. The number of anilines is 1. The number of hydrogen-bond donors (Lipinski definition) is 1. The first-order chi connectivity index (χ1) is 9.01. The van der Waals surface area contributed by atoms with Crippen molar-refractivity contribution in [3.63, 3.8) is 0 Å². The van der Waals surface area contributed by atoms with Gasteiger partial charge in [0.25, 0.3) is 0 Å². The maximum Gasteiger partial charge on any atom is 0.143 e. The topological polar surface area (TPSA) is 47.0 Å². The van der Waals surface area contributed by atoms with Crippen molar-refractivity contribution >= 4 is 28.4 Å². The Labute approximate surface area is 129 Å². The second kappa shape index (κ2) is 7.99. The van der Waals surface area contributed by atoms with Gasteiger partial charge in [-0.3, -0.25) is 0 Å². The molecule has 0 aliphatic heterocycles. The van der Waals surface area contributed by atoms with Gasteiger partial charge in [-0.25, -0.2) is 9.97 Å². The summed E-state index contributed by atoms with van der Waals surface area (Å²) in [7, 11) is 1.71. The zero-order valence-corrected chi connectivity index (χ0v) is 14.6. The molecule has 1 atom stereocenters. The molecule has 0 spiro atoms. The molecule has 0 aliphatic carbocycles. The number of nitrogens with one attached hydrogen (secondary N) is 1. The zero-order chi connectivity index (χ0) is 14.4. The average molecular weight is 377 g/mol. The molecule has 0 aliphatic rings. The minimum absolute atomic E-state index is 0.210. The van der Waals surface area contributed by atoms with Crippen LogP contribution < -0.4 is 5.32 Å². The maximum atomic E-state index is 5.21. The highest BCUT2D eigenvalue weighted by Crippen LogP contribution is 2.27. The molecule has 0 bridgehead atoms. The molecule has 1 rings (SSSR count). The van der Waals surface area contributed by atoms with Gasteiger partial charge in [-0.1, -0.05) is 27.7 Å². The normalized spacial score (nSPS) is 12.8. The van der Waals surface area contributed by atoms with Crippen molar-refractivity contribution in [1.82, 2.24) is 9.97 Å². The molecule has 0 aromatic carbocycles. The van der Waals surface area contributed by atoms with E-state index < -0.39 is 0 Å². The lowest BCUT2D eigenvalue weighted by atomic mass is 10.1. The molecule has 0 radical (unpaired) electrons. The predicted octanol–water partition coefficient (Wildman–Crippen LogP) is 3.78. The SMILES string of the molecule is CCCNc1nc(C(C)COC)nc(C(C)C)c1I. The predicted molar refractivity (Wildman–Crippen MR) is 87.9 cm³/mol. The third kappa shape index (κ3) is 4.56. The molecule has 1 N–H and O–H groups in total. The number of nitrogens with zero attached hydrogens (tertiary/aromatic N) is 2. The summed E-state index contributed by atoms with van der Waals surface area (Å²) in [5.74, 6) is 2.43. The van der Waals surface area contributed by atoms with Crippen LogP contribution in [0.2, 0.25) is 0 Å². The van der Waals surface area contributed by atoms with Gasteiger partial charge in [0.2, 0.25) is 0 Å². The summed E-state index contributed by atoms with van der Waals surface area (Å²) in [6.45, 7) is 10.2. The van der Waals surface area contributed by atoms with Gasteiger partial charge in [0.1, 0.15) is 11.6 Å². The molecule has 108 valence electrons. The minimum atomic E-state index is 0.210. The average Bonchev–Trinajstić information content (AvgIpc) is 2.37. The van der Waals surface area contributed by atoms with Crippen molar-refractivity contribution in [3.8, 4) is 0 Å². The zero-order valence-electron chi connectivity index (χ0n) is 12.5. The van der Waals surface area contributed by atoms with Gasteiger partial charge in [-0.05, 0) is 34.9 Å². The summed E-state index contributed by atoms with van der Waals surface area (Å²) in [6.07, 6.45) is 1.08. The van der Waals surface area contributed by atoms with Crippen molar-refractivity contribution in [1.29, 1.82) is 0 Å². The molecule has 1 aromatic rings. The number of ether oxygens (including phenoxy) is 1. The van der Waals surface area contributed by atoms with E-state index in [9.17, 15) is 0 Å². The third-order valence-corrected chi connectivity index (χ3v) is 3.90. The van der Waals surface area contributed by atoms with Crippen LogP contribution in [-0.4, -0.2) is 30.2 Å². The van der Waals surface area contributed by atoms with Crippen LogP contribution in [0.1, 0.15) is 57.5 Å². The van der Waals surface area contributed by atoms with E-state index in [1.807, 2.05) is 0 Å². The van der Waals surface area contributed by atoms with Gasteiger partial charge < -0.3 is 10.1 Å². The molecule has 0 fully saturated rings. The lowest BCUT2D eigenvalue weighted by Gasteiger charge is -2.17. The lowest BCUT2D eigenvalue weighted by molar-refractivity contribution is 0.181. The Morgan fingerprint density at radius 3 is 2.47 bits per heavy atom. The van der Waals surface area contributed by atoms with Gasteiger partial charge in [-0.2, -0.15) is 0 Å². The van der Waals surface area contributed by atoms with E-state index in [4.69, 9.17) is 9.72 Å². The van der Waals surface area contributed by atoms with Gasteiger partial charge in [-0.15, -0.1) is 0 Å². The van der Waals surface area contributed by atoms with Crippen molar-refractivity contribution in [2.24, 2.45) is 0 Å². The number of methoxy groups -OCH3 is 1. The van der Waals surface area contributed by atoms with Crippen molar-refractivity contribution in [2.45, 2.75) is 46.0 Å². The minimum Gasteiger partial charge on any atom is -0.384 e. The summed E-state index contributed by atoms with van der Waals surface area (Å²) in [5, 5.41) is 3.40. The van der Waals surface area contributed by atoms with Crippen LogP contribution >= 0.6 is 22.6 Å². The van der Waals surface area contributed by atoms with Gasteiger partial charge >= 0.3 is 0 Å². The van der Waals surface area contributed by atoms with Gasteiger partial charge in [0.05, 0.1) is 15.9 Å². The molecule has 19 heavy (non-hydrogen) atoms. The number of hydrogen-bond acceptors (Lipinski definition) is 4. The molecule has 0 saturated carbocycles. The van der Waals surface area contributed by atoms with E-state index in [0.29, 0.717) is 12.5 Å². The van der Waals surface area contributed by atoms with E-state index in [2.05, 4.69) is 60.6 Å². The van der Waals surface area contributed by atoms with Crippen LogP contribution in [0, 0.1) is 3.57 Å². The Bertz CT molecular complexity index is 410. The quantitative estimate of drug-likeness (QED) is 0.735. The van der Waals surface area contributed by atoms with E-state index in [0.717, 1.165) is 33.9 Å². The van der Waals surface area contributed by atoms with Gasteiger partial charge in [0, 0.05) is 19.6 Å². The smallest absolute Gasteiger partial charge is 0.143 e. The summed E-state index contributed by atoms with van der Waals surface area (Å²) in [4.78, 5) is 9.38. The maximum absolute atomic E-state index is 5.21. The molecule has 5 heteroatoms. The highest BCUT2D eigenvalue weighted by molar-refractivity contribution is 14.1. The van der Waals surface area contributed by atoms with Crippen LogP contribution in [0.5, 0.6) is 0 Å². The van der Waals surface area contributed by atoms with E-state index in [1.165, 1.54) is 0 Å². The Hall–Kier alpha value is -0.430. The Kier molecular flexibility index (Phi) is 6.99. The summed E-state index contributed by atoms with van der Waals surface area (Å²) < 4.78 is 6.34. The molecule has 1 aromatic heterocycles. The molecular weight excluding hydrogens is 353 g/mol. The fourth-order valence-electron chi connectivity index (χ4n) is 1.77. The van der Waals surface area contributed by atoms with Crippen LogP contribution in [0.15, 0.2) is 0 Å². The van der Waals surface area contributed by atoms with Crippen LogP contribution in [-0.2, 0) is 4.74 Å². The van der Waals surface area contributed by atoms with Crippen molar-refractivity contribution in [2.75, 3.05) is 25.6 Å². The molecule has 1 unspecified atom stereocenters. The van der Waals surface area contributed by atoms with Crippen LogP contribution in [0.25, 0.3) is 0 Å². The first kappa shape index (κ1) is 16.6. The van der Waals surface area contributed by atoms with Crippen molar-refractivity contribution < 1.29 is 4.74 Å². The van der Waals surface area contributed by atoms with Gasteiger partial charge in [0.15, 0.2) is 0 Å². The van der Waals surface area contributed by atoms with Crippen LogP contribution in [0.3, 0.4) is 0 Å². The largest absolute Gasteiger partial charge is 0.384 e.